The van der Waals surface area contributed by atoms with Crippen LogP contribution in [0.1, 0.15) is 41.5 Å². The molecule has 3 amide bonds. The number of carbonyl (C=O) groups excluding carboxylic acids is 2. The lowest BCUT2D eigenvalue weighted by Gasteiger charge is -2.46. The van der Waals surface area contributed by atoms with E-state index in [1.54, 1.807) is 0 Å². The Kier molecular flexibility index (Phi) is 4.68. The van der Waals surface area contributed by atoms with Gasteiger partial charge in [-0.05, 0) is 25.0 Å². The SMILES string of the molecule is CN1C(=O)Nc2cc(Cn3cnc(C(N)=O)n3)c(F)cc2[C@@]1(C#CC1CC1)C(C)(F)F. The second-order valence-corrected chi connectivity index (χ2v) is 7.75. The number of alkyl halides is 2. The van der Waals surface area contributed by atoms with Crippen LogP contribution in [-0.4, -0.2) is 44.6 Å². The molecule has 0 unspecified atom stereocenters. The van der Waals surface area contributed by atoms with Gasteiger partial charge in [-0.15, -0.1) is 5.10 Å². The van der Waals surface area contributed by atoms with Crippen LogP contribution in [0.15, 0.2) is 18.5 Å². The quantitative estimate of drug-likeness (QED) is 0.723. The maximum absolute atomic E-state index is 15.0. The Morgan fingerprint density at radius 1 is 1.42 bits per heavy atom. The summed E-state index contributed by atoms with van der Waals surface area (Å²) in [6.07, 6.45) is 2.80. The zero-order chi connectivity index (χ0) is 22.6. The van der Waals surface area contributed by atoms with Crippen LogP contribution < -0.4 is 11.1 Å². The van der Waals surface area contributed by atoms with Crippen molar-refractivity contribution in [3.05, 3.63) is 41.2 Å². The zero-order valence-electron chi connectivity index (χ0n) is 16.7. The molecule has 2 aliphatic rings. The van der Waals surface area contributed by atoms with Gasteiger partial charge < -0.3 is 16.0 Å². The van der Waals surface area contributed by atoms with Crippen LogP contribution >= 0.6 is 0 Å². The molecule has 4 rings (SSSR count). The van der Waals surface area contributed by atoms with Gasteiger partial charge in [0.25, 0.3) is 11.8 Å². The first-order valence-electron chi connectivity index (χ1n) is 9.50. The van der Waals surface area contributed by atoms with Gasteiger partial charge in [0, 0.05) is 36.7 Å². The van der Waals surface area contributed by atoms with Crippen molar-refractivity contribution in [1.82, 2.24) is 19.7 Å². The molecule has 31 heavy (non-hydrogen) atoms. The molecule has 1 fully saturated rings. The molecule has 11 heteroatoms. The van der Waals surface area contributed by atoms with E-state index in [-0.39, 0.29) is 35.1 Å². The number of carbonyl (C=O) groups is 2. The van der Waals surface area contributed by atoms with Crippen molar-refractivity contribution in [3.63, 3.8) is 0 Å². The third kappa shape index (κ3) is 3.48. The minimum Gasteiger partial charge on any atom is -0.363 e. The second kappa shape index (κ2) is 7.01. The van der Waals surface area contributed by atoms with Crippen molar-refractivity contribution in [1.29, 1.82) is 0 Å². The normalized spacial score (nSPS) is 20.5. The fourth-order valence-corrected chi connectivity index (χ4v) is 3.56. The molecular formula is C20H19F3N6O2. The van der Waals surface area contributed by atoms with Crippen molar-refractivity contribution in [3.8, 4) is 11.8 Å². The standard InChI is InChI=1S/C20H19F3N6O2/c1-19(22,23)20(6-5-11-3-4-11)13-8-14(21)12(7-15(13)26-18(31)28(20)2)9-29-10-25-17(27-29)16(24)30/h7-8,10-11H,3-4,9H2,1-2H3,(H2,24,30)(H,26,31)/t20-/m0/s1. The molecule has 2 heterocycles. The van der Waals surface area contributed by atoms with Crippen LogP contribution in [0.3, 0.4) is 0 Å². The first kappa shape index (κ1) is 20.7. The third-order valence-electron chi connectivity index (χ3n) is 5.38. The Hall–Kier alpha value is -3.55. The molecule has 1 atom stereocenters. The molecule has 8 nitrogen and oxygen atoms in total. The van der Waals surface area contributed by atoms with Crippen LogP contribution in [0.2, 0.25) is 0 Å². The summed E-state index contributed by atoms with van der Waals surface area (Å²) < 4.78 is 46.2. The third-order valence-corrected chi connectivity index (χ3v) is 5.38. The average Bonchev–Trinajstić information content (AvgIpc) is 3.38. The number of nitrogens with one attached hydrogen (secondary N) is 1. The molecular weight excluding hydrogens is 413 g/mol. The lowest BCUT2D eigenvalue weighted by atomic mass is 9.80. The number of amides is 3. The topological polar surface area (TPSA) is 106 Å². The van der Waals surface area contributed by atoms with E-state index in [1.165, 1.54) is 24.1 Å². The number of primary amides is 1. The molecule has 1 aromatic carbocycles. The predicted octanol–water partition coefficient (Wildman–Crippen LogP) is 2.31. The number of benzene rings is 1. The summed E-state index contributed by atoms with van der Waals surface area (Å²) in [6, 6.07) is 1.44. The van der Waals surface area contributed by atoms with E-state index in [4.69, 9.17) is 5.73 Å². The molecule has 162 valence electrons. The average molecular weight is 432 g/mol. The fraction of sp³-hybridized carbons (Fsp3) is 0.400. The summed E-state index contributed by atoms with van der Waals surface area (Å²) in [5.74, 6) is 0.0588. The number of anilines is 1. The van der Waals surface area contributed by atoms with Crippen LogP contribution in [0.4, 0.5) is 23.7 Å². The van der Waals surface area contributed by atoms with Crippen molar-refractivity contribution in [2.24, 2.45) is 11.7 Å². The Bertz CT molecular complexity index is 1140. The molecule has 0 radical (unpaired) electrons. The Balaban J connectivity index is 1.82. The number of hydrogen-bond donors (Lipinski definition) is 2. The highest BCUT2D eigenvalue weighted by atomic mass is 19.3. The highest BCUT2D eigenvalue weighted by molar-refractivity contribution is 5.95. The van der Waals surface area contributed by atoms with E-state index in [1.807, 2.05) is 0 Å². The molecule has 1 aliphatic carbocycles. The number of hydrogen-bond acceptors (Lipinski definition) is 4. The molecule has 2 aromatic rings. The lowest BCUT2D eigenvalue weighted by Crippen LogP contribution is -2.60. The van der Waals surface area contributed by atoms with Gasteiger partial charge in [-0.1, -0.05) is 11.8 Å². The van der Waals surface area contributed by atoms with Gasteiger partial charge in [-0.2, -0.15) is 0 Å². The van der Waals surface area contributed by atoms with E-state index in [2.05, 4.69) is 27.2 Å². The number of halogens is 3. The minimum absolute atomic E-state index is 0.00282. The Morgan fingerprint density at radius 3 is 2.71 bits per heavy atom. The molecule has 1 saturated carbocycles. The number of nitrogens with two attached hydrogens (primary N) is 1. The highest BCUT2D eigenvalue weighted by Crippen LogP contribution is 2.48. The van der Waals surface area contributed by atoms with Gasteiger partial charge >= 0.3 is 6.03 Å². The van der Waals surface area contributed by atoms with Gasteiger partial charge in [0.05, 0.1) is 6.54 Å². The second-order valence-electron chi connectivity index (χ2n) is 7.75. The zero-order valence-corrected chi connectivity index (χ0v) is 16.7. The summed E-state index contributed by atoms with van der Waals surface area (Å²) in [5.41, 5.74) is 2.73. The summed E-state index contributed by atoms with van der Waals surface area (Å²) >= 11 is 0. The first-order chi connectivity index (χ1) is 14.5. The molecule has 0 spiro atoms. The predicted molar refractivity (Wildman–Crippen MR) is 104 cm³/mol. The number of urea groups is 1. The smallest absolute Gasteiger partial charge is 0.323 e. The number of fused-ring (bicyclic) bond motifs is 1. The molecule has 0 saturated heterocycles. The van der Waals surface area contributed by atoms with Gasteiger partial charge in [0.2, 0.25) is 5.82 Å². The van der Waals surface area contributed by atoms with Gasteiger partial charge in [-0.3, -0.25) is 4.79 Å². The summed E-state index contributed by atoms with van der Waals surface area (Å²) in [6.45, 7) is 0.508. The monoisotopic (exact) mass is 432 g/mol. The summed E-state index contributed by atoms with van der Waals surface area (Å²) in [4.78, 5) is 28.2. The van der Waals surface area contributed by atoms with Gasteiger partial charge in [0.1, 0.15) is 12.1 Å². The maximum Gasteiger partial charge on any atom is 0.323 e. The highest BCUT2D eigenvalue weighted by Gasteiger charge is 2.58. The van der Waals surface area contributed by atoms with Gasteiger partial charge in [0.15, 0.2) is 5.54 Å². The molecule has 1 aliphatic heterocycles. The van der Waals surface area contributed by atoms with E-state index < -0.39 is 29.2 Å². The van der Waals surface area contributed by atoms with Crippen LogP contribution in [0, 0.1) is 23.6 Å². The van der Waals surface area contributed by atoms with E-state index in [0.29, 0.717) is 6.92 Å². The van der Waals surface area contributed by atoms with Crippen molar-refractivity contribution in [2.75, 3.05) is 12.4 Å². The molecule has 1 aromatic heterocycles. The summed E-state index contributed by atoms with van der Waals surface area (Å²) in [7, 11) is 1.21. The van der Waals surface area contributed by atoms with Crippen molar-refractivity contribution in [2.45, 2.75) is 37.8 Å². The van der Waals surface area contributed by atoms with Crippen LogP contribution in [0.5, 0.6) is 0 Å². The molecule has 3 N–H and O–H groups in total. The van der Waals surface area contributed by atoms with Crippen molar-refractivity contribution >= 4 is 17.6 Å². The number of aromatic nitrogens is 3. The first-order valence-corrected chi connectivity index (χ1v) is 9.50. The molecule has 0 bridgehead atoms. The number of nitrogens with zero attached hydrogens (tertiary/aromatic N) is 4. The number of rotatable bonds is 4. The summed E-state index contributed by atoms with van der Waals surface area (Å²) in [5, 5.41) is 6.35. The fourth-order valence-electron chi connectivity index (χ4n) is 3.56. The van der Waals surface area contributed by atoms with Crippen LogP contribution in [0.25, 0.3) is 0 Å². The lowest BCUT2D eigenvalue weighted by molar-refractivity contribution is -0.0862. The van der Waals surface area contributed by atoms with E-state index in [0.717, 1.165) is 23.8 Å². The van der Waals surface area contributed by atoms with E-state index >= 15 is 4.39 Å². The maximum atomic E-state index is 15.0. The largest absolute Gasteiger partial charge is 0.363 e. The minimum atomic E-state index is -3.48. The van der Waals surface area contributed by atoms with E-state index in [9.17, 15) is 18.4 Å². The van der Waals surface area contributed by atoms with Gasteiger partial charge in [-0.25, -0.2) is 27.6 Å². The van der Waals surface area contributed by atoms with Crippen LogP contribution in [-0.2, 0) is 12.1 Å². The van der Waals surface area contributed by atoms with Crippen molar-refractivity contribution < 1.29 is 22.8 Å². The Labute approximate surface area is 175 Å². The Morgan fingerprint density at radius 2 is 2.13 bits per heavy atom.